The van der Waals surface area contributed by atoms with E-state index in [1.165, 1.54) is 16.7 Å². The highest BCUT2D eigenvalue weighted by Crippen LogP contribution is 2.41. The molecule has 0 saturated carbocycles. The molecular weight excluding hydrogens is 332 g/mol. The molecule has 0 radical (unpaired) electrons. The highest BCUT2D eigenvalue weighted by atomic mass is 32.2. The van der Waals surface area contributed by atoms with Gasteiger partial charge in [-0.25, -0.2) is 8.42 Å². The molecule has 2 aliphatic heterocycles. The van der Waals surface area contributed by atoms with Crippen molar-refractivity contribution in [3.63, 3.8) is 0 Å². The lowest BCUT2D eigenvalue weighted by molar-refractivity contribution is -0.139. The van der Waals surface area contributed by atoms with Gasteiger partial charge < -0.3 is 9.64 Å². The largest absolute Gasteiger partial charge is 0.383 e. The van der Waals surface area contributed by atoms with E-state index in [0.29, 0.717) is 39.2 Å². The Morgan fingerprint density at radius 3 is 2.71 bits per heavy atom. The summed E-state index contributed by atoms with van der Waals surface area (Å²) in [6.45, 7) is 2.81. The third-order valence-electron chi connectivity index (χ3n) is 5.21. The van der Waals surface area contributed by atoms with Crippen LogP contribution in [0.4, 0.5) is 0 Å². The molecule has 2 fully saturated rings. The minimum absolute atomic E-state index is 0.0318. The van der Waals surface area contributed by atoms with Gasteiger partial charge in [0.1, 0.15) is 4.90 Å². The molecule has 1 spiro atoms. The molecule has 0 bridgehead atoms. The van der Waals surface area contributed by atoms with E-state index >= 15 is 0 Å². The van der Waals surface area contributed by atoms with Crippen LogP contribution in [0.15, 0.2) is 17.3 Å². The van der Waals surface area contributed by atoms with Gasteiger partial charge in [-0.1, -0.05) is 0 Å². The lowest BCUT2D eigenvalue weighted by atomic mass is 9.73. The molecule has 8 nitrogen and oxygen atoms in total. The van der Waals surface area contributed by atoms with Crippen molar-refractivity contribution >= 4 is 15.9 Å². The van der Waals surface area contributed by atoms with Crippen LogP contribution in [0.1, 0.15) is 25.7 Å². The molecule has 1 aromatic rings. The molecule has 2 aliphatic rings. The van der Waals surface area contributed by atoms with Gasteiger partial charge in [0.25, 0.3) is 0 Å². The van der Waals surface area contributed by atoms with Crippen molar-refractivity contribution in [1.29, 1.82) is 0 Å². The van der Waals surface area contributed by atoms with Gasteiger partial charge in [-0.15, -0.1) is 0 Å². The van der Waals surface area contributed by atoms with Crippen LogP contribution < -0.4 is 0 Å². The molecule has 0 atom stereocenters. The zero-order chi connectivity index (χ0) is 17.2. The van der Waals surface area contributed by atoms with Crippen molar-refractivity contribution in [1.82, 2.24) is 19.4 Å². The number of aromatic amines is 1. The number of nitrogens with zero attached hydrogens (tertiary/aromatic N) is 3. The van der Waals surface area contributed by atoms with E-state index in [2.05, 4.69) is 10.2 Å². The number of H-pyrrole nitrogens is 1. The predicted molar refractivity (Wildman–Crippen MR) is 86.7 cm³/mol. The fourth-order valence-electron chi connectivity index (χ4n) is 3.65. The molecule has 134 valence electrons. The maximum atomic E-state index is 12.6. The van der Waals surface area contributed by atoms with Crippen LogP contribution in [0.25, 0.3) is 0 Å². The molecule has 1 N–H and O–H groups in total. The van der Waals surface area contributed by atoms with Crippen molar-refractivity contribution in [2.24, 2.45) is 5.41 Å². The number of sulfonamides is 1. The van der Waals surface area contributed by atoms with Crippen molar-refractivity contribution in [3.05, 3.63) is 12.4 Å². The molecule has 1 amide bonds. The smallest absolute Gasteiger partial charge is 0.246 e. The number of likely N-dealkylation sites (tertiary alicyclic amines) is 1. The Labute approximate surface area is 142 Å². The van der Waals surface area contributed by atoms with Gasteiger partial charge in [-0.2, -0.15) is 9.40 Å². The fraction of sp³-hybridized carbons (Fsp3) is 0.733. The van der Waals surface area contributed by atoms with Gasteiger partial charge in [0.15, 0.2) is 0 Å². The summed E-state index contributed by atoms with van der Waals surface area (Å²) < 4.78 is 31.7. The van der Waals surface area contributed by atoms with Crippen molar-refractivity contribution < 1.29 is 17.9 Å². The average Bonchev–Trinajstić information content (AvgIpc) is 3.12. The molecule has 0 aromatic carbocycles. The number of amides is 1. The third-order valence-corrected chi connectivity index (χ3v) is 7.07. The topological polar surface area (TPSA) is 95.6 Å². The number of ether oxygens (including phenoxy) is 1. The predicted octanol–water partition coefficient (Wildman–Crippen LogP) is 0.449. The molecule has 0 unspecified atom stereocenters. The van der Waals surface area contributed by atoms with Crippen LogP contribution in [0.2, 0.25) is 0 Å². The summed E-state index contributed by atoms with van der Waals surface area (Å²) in [6.07, 6.45) is 5.69. The van der Waals surface area contributed by atoms with Crippen LogP contribution in [-0.4, -0.2) is 73.6 Å². The summed E-state index contributed by atoms with van der Waals surface area (Å²) in [5, 5.41) is 6.28. The first kappa shape index (κ1) is 17.4. The summed E-state index contributed by atoms with van der Waals surface area (Å²) in [4.78, 5) is 14.1. The third kappa shape index (κ3) is 3.33. The number of aromatic nitrogens is 2. The number of carbonyl (C=O) groups excluding carboxylic acids is 1. The van der Waals surface area contributed by atoms with Gasteiger partial charge in [-0.3, -0.25) is 9.89 Å². The maximum Gasteiger partial charge on any atom is 0.246 e. The van der Waals surface area contributed by atoms with Gasteiger partial charge in [0.05, 0.1) is 12.8 Å². The zero-order valence-electron chi connectivity index (χ0n) is 13.9. The molecule has 0 aliphatic carbocycles. The van der Waals surface area contributed by atoms with Gasteiger partial charge in [0.2, 0.25) is 15.9 Å². The van der Waals surface area contributed by atoms with Crippen LogP contribution in [0, 0.1) is 5.41 Å². The Bertz CT molecular complexity index is 666. The summed E-state index contributed by atoms with van der Waals surface area (Å²) in [5.74, 6) is 0.172. The Balaban J connectivity index is 1.65. The standard InChI is InChI=1S/C15H24N4O4S/c1-23-9-8-18-12-15(3-2-14(18)20)4-6-19(7-5-15)24(21,22)13-10-16-17-11-13/h10-11H,2-9,12H2,1H3,(H,16,17). The fourth-order valence-corrected chi connectivity index (χ4v) is 4.99. The second kappa shape index (κ2) is 6.81. The van der Waals surface area contributed by atoms with Crippen LogP contribution in [0.3, 0.4) is 0 Å². The van der Waals surface area contributed by atoms with Gasteiger partial charge >= 0.3 is 0 Å². The Hall–Kier alpha value is -1.45. The summed E-state index contributed by atoms with van der Waals surface area (Å²) in [7, 11) is -1.85. The normalized spacial score (nSPS) is 22.2. The number of rotatable bonds is 5. The number of nitrogens with one attached hydrogen (secondary N) is 1. The number of hydrogen-bond donors (Lipinski definition) is 1. The van der Waals surface area contributed by atoms with Crippen LogP contribution in [0.5, 0.6) is 0 Å². The lowest BCUT2D eigenvalue weighted by Crippen LogP contribution is -2.52. The first-order chi connectivity index (χ1) is 11.5. The highest BCUT2D eigenvalue weighted by Gasteiger charge is 2.43. The van der Waals surface area contributed by atoms with E-state index in [1.807, 2.05) is 4.90 Å². The van der Waals surface area contributed by atoms with E-state index in [1.54, 1.807) is 7.11 Å². The minimum atomic E-state index is -3.47. The second-order valence-electron chi connectivity index (χ2n) is 6.65. The quantitative estimate of drug-likeness (QED) is 0.826. The van der Waals surface area contributed by atoms with E-state index in [4.69, 9.17) is 4.74 Å². The monoisotopic (exact) mass is 356 g/mol. The summed E-state index contributed by atoms with van der Waals surface area (Å²) >= 11 is 0. The summed E-state index contributed by atoms with van der Waals surface area (Å²) in [5.41, 5.74) is 0.0318. The van der Waals surface area contributed by atoms with E-state index < -0.39 is 10.0 Å². The molecule has 3 heterocycles. The van der Waals surface area contributed by atoms with Crippen molar-refractivity contribution in [2.75, 3.05) is 39.9 Å². The van der Waals surface area contributed by atoms with Gasteiger partial charge in [0, 0.05) is 45.9 Å². The van der Waals surface area contributed by atoms with E-state index in [-0.39, 0.29) is 16.2 Å². The first-order valence-corrected chi connectivity index (χ1v) is 9.67. The Kier molecular flexibility index (Phi) is 4.93. The van der Waals surface area contributed by atoms with Crippen molar-refractivity contribution in [2.45, 2.75) is 30.6 Å². The maximum absolute atomic E-state index is 12.6. The number of piperidine rings is 2. The van der Waals surface area contributed by atoms with Crippen LogP contribution in [-0.2, 0) is 19.6 Å². The minimum Gasteiger partial charge on any atom is -0.383 e. The number of methoxy groups -OCH3 is 1. The highest BCUT2D eigenvalue weighted by molar-refractivity contribution is 7.89. The first-order valence-electron chi connectivity index (χ1n) is 8.23. The number of hydrogen-bond acceptors (Lipinski definition) is 5. The van der Waals surface area contributed by atoms with Crippen molar-refractivity contribution in [3.8, 4) is 0 Å². The lowest BCUT2D eigenvalue weighted by Gasteiger charge is -2.47. The molecule has 3 rings (SSSR count). The SMILES string of the molecule is COCCN1CC2(CCC1=O)CCN(S(=O)(=O)c1cn[nH]c1)CC2. The van der Waals surface area contributed by atoms with E-state index in [0.717, 1.165) is 19.3 Å². The molecule has 2 saturated heterocycles. The average molecular weight is 356 g/mol. The zero-order valence-corrected chi connectivity index (χ0v) is 14.7. The van der Waals surface area contributed by atoms with Crippen LogP contribution >= 0.6 is 0 Å². The van der Waals surface area contributed by atoms with Gasteiger partial charge in [-0.05, 0) is 24.7 Å². The molecule has 9 heteroatoms. The van der Waals surface area contributed by atoms with E-state index in [9.17, 15) is 13.2 Å². The molecule has 24 heavy (non-hydrogen) atoms. The molecular formula is C15H24N4O4S. The number of carbonyl (C=O) groups is 1. The molecule has 1 aromatic heterocycles. The summed E-state index contributed by atoms with van der Waals surface area (Å²) in [6, 6.07) is 0. The Morgan fingerprint density at radius 1 is 1.33 bits per heavy atom. The second-order valence-corrected chi connectivity index (χ2v) is 8.58. The Morgan fingerprint density at radius 2 is 2.08 bits per heavy atom.